The van der Waals surface area contributed by atoms with Gasteiger partial charge in [-0.25, -0.2) is 0 Å². The van der Waals surface area contributed by atoms with Crippen LogP contribution in [0.3, 0.4) is 0 Å². The molecule has 0 aromatic carbocycles. The highest BCUT2D eigenvalue weighted by Crippen LogP contribution is 2.15. The second-order valence-corrected chi connectivity index (χ2v) is 9.69. The van der Waals surface area contributed by atoms with Gasteiger partial charge in [0.25, 0.3) is 0 Å². The van der Waals surface area contributed by atoms with Gasteiger partial charge in [-0.15, -0.1) is 0 Å². The van der Waals surface area contributed by atoms with E-state index < -0.39 is 0 Å². The van der Waals surface area contributed by atoms with Crippen LogP contribution >= 0.6 is 0 Å². The minimum atomic E-state index is 0. The van der Waals surface area contributed by atoms with Crippen molar-refractivity contribution in [1.29, 1.82) is 0 Å². The van der Waals surface area contributed by atoms with E-state index in [-0.39, 0.29) is 12.4 Å². The molecule has 0 spiro atoms. The monoisotopic (exact) mass is 417 g/mol. The van der Waals surface area contributed by atoms with E-state index in [1.165, 1.54) is 146 Å². The summed E-state index contributed by atoms with van der Waals surface area (Å²) in [6, 6.07) is 0. The first-order valence-corrected chi connectivity index (χ1v) is 12.9. The van der Waals surface area contributed by atoms with Crippen LogP contribution in [0, 0.1) is 0 Å². The van der Waals surface area contributed by atoms with Gasteiger partial charge in [0.15, 0.2) is 0 Å². The van der Waals surface area contributed by atoms with Gasteiger partial charge in [0, 0.05) is 0 Å². The van der Waals surface area contributed by atoms with E-state index >= 15 is 0 Å². The lowest BCUT2D eigenvalue weighted by atomic mass is 10.0. The van der Waals surface area contributed by atoms with E-state index in [1.807, 2.05) is 0 Å². The summed E-state index contributed by atoms with van der Waals surface area (Å²) in [5.41, 5.74) is 0. The highest BCUT2D eigenvalue weighted by molar-refractivity contribution is 4.51. The maximum Gasteiger partial charge on any atom is 0.0782 e. The van der Waals surface area contributed by atoms with Crippen LogP contribution in [0.4, 0.5) is 0 Å². The molecule has 0 saturated heterocycles. The van der Waals surface area contributed by atoms with Crippen LogP contribution in [0.25, 0.3) is 0 Å². The van der Waals surface area contributed by atoms with Gasteiger partial charge in [-0.05, 0) is 19.8 Å². The zero-order chi connectivity index (χ0) is 20.1. The summed E-state index contributed by atoms with van der Waals surface area (Å²) in [5, 5.41) is 0. The second kappa shape index (κ2) is 23.5. The van der Waals surface area contributed by atoms with Crippen molar-refractivity contribution < 1.29 is 16.9 Å². The van der Waals surface area contributed by atoms with E-state index in [2.05, 4.69) is 27.9 Å². The standard InChI is InChI=1S/C26H56N.ClH/c1-5-7-8-9-10-11-12-13-14-15-16-17-18-19-20-21-22-23-24-25-26-27(3,4)6-2;/h5-26H2,1-4H3;1H/q+1;/p-1. The predicted molar refractivity (Wildman–Crippen MR) is 126 cm³/mol. The van der Waals surface area contributed by atoms with E-state index in [4.69, 9.17) is 0 Å². The van der Waals surface area contributed by atoms with Crippen molar-refractivity contribution in [2.45, 2.75) is 142 Å². The van der Waals surface area contributed by atoms with Crippen molar-refractivity contribution in [3.63, 3.8) is 0 Å². The minimum Gasteiger partial charge on any atom is -1.00 e. The Morgan fingerprint density at radius 2 is 0.643 bits per heavy atom. The molecule has 172 valence electrons. The Morgan fingerprint density at radius 1 is 0.393 bits per heavy atom. The molecule has 0 heterocycles. The van der Waals surface area contributed by atoms with Gasteiger partial charge in [0.1, 0.15) is 0 Å². The fourth-order valence-corrected chi connectivity index (χ4v) is 3.95. The van der Waals surface area contributed by atoms with Gasteiger partial charge in [-0.2, -0.15) is 0 Å². The van der Waals surface area contributed by atoms with Crippen molar-refractivity contribution in [2.75, 3.05) is 27.2 Å². The smallest absolute Gasteiger partial charge is 0.0782 e. The lowest BCUT2D eigenvalue weighted by molar-refractivity contribution is -0.888. The molecule has 0 radical (unpaired) electrons. The summed E-state index contributed by atoms with van der Waals surface area (Å²) < 4.78 is 1.19. The molecule has 0 aromatic heterocycles. The molecule has 28 heavy (non-hydrogen) atoms. The fraction of sp³-hybridized carbons (Fsp3) is 1.00. The lowest BCUT2D eigenvalue weighted by Gasteiger charge is -2.28. The van der Waals surface area contributed by atoms with Crippen molar-refractivity contribution in [1.82, 2.24) is 0 Å². The van der Waals surface area contributed by atoms with Crippen molar-refractivity contribution in [2.24, 2.45) is 0 Å². The highest BCUT2D eigenvalue weighted by atomic mass is 35.5. The van der Waals surface area contributed by atoms with Crippen LogP contribution in [0.1, 0.15) is 142 Å². The number of hydrogen-bond acceptors (Lipinski definition) is 0. The maximum absolute atomic E-state index is 2.36. The zero-order valence-corrected chi connectivity index (χ0v) is 21.1. The van der Waals surface area contributed by atoms with Crippen LogP contribution < -0.4 is 12.4 Å². The van der Waals surface area contributed by atoms with E-state index in [9.17, 15) is 0 Å². The Hall–Kier alpha value is 0.250. The van der Waals surface area contributed by atoms with E-state index in [0.29, 0.717) is 0 Å². The van der Waals surface area contributed by atoms with Gasteiger partial charge in [0.2, 0.25) is 0 Å². The Labute approximate surface area is 186 Å². The highest BCUT2D eigenvalue weighted by Gasteiger charge is 2.09. The lowest BCUT2D eigenvalue weighted by Crippen LogP contribution is -3.00. The second-order valence-electron chi connectivity index (χ2n) is 9.69. The summed E-state index contributed by atoms with van der Waals surface area (Å²) in [7, 11) is 4.71. The Morgan fingerprint density at radius 3 is 0.893 bits per heavy atom. The van der Waals surface area contributed by atoms with Crippen molar-refractivity contribution in [3.8, 4) is 0 Å². The molecule has 0 unspecified atom stereocenters. The maximum atomic E-state index is 2.36. The third kappa shape index (κ3) is 24.3. The Bertz CT molecular complexity index is 278. The molecule has 0 aliphatic rings. The molecular weight excluding hydrogens is 362 g/mol. The van der Waals surface area contributed by atoms with Gasteiger partial charge in [-0.1, -0.05) is 122 Å². The molecule has 0 fully saturated rings. The largest absolute Gasteiger partial charge is 1.00 e. The van der Waals surface area contributed by atoms with E-state index in [0.717, 1.165) is 0 Å². The van der Waals surface area contributed by atoms with Crippen LogP contribution in [0.5, 0.6) is 0 Å². The predicted octanol–water partition coefficient (Wildman–Crippen LogP) is 5.91. The molecule has 0 saturated carbocycles. The summed E-state index contributed by atoms with van der Waals surface area (Å²) in [5.74, 6) is 0. The third-order valence-electron chi connectivity index (χ3n) is 6.47. The first-order valence-electron chi connectivity index (χ1n) is 12.9. The number of unbranched alkanes of at least 4 members (excludes halogenated alkanes) is 19. The third-order valence-corrected chi connectivity index (χ3v) is 6.47. The van der Waals surface area contributed by atoms with Gasteiger partial charge < -0.3 is 16.9 Å². The quantitative estimate of drug-likeness (QED) is 0.152. The van der Waals surface area contributed by atoms with Crippen LogP contribution in [0.15, 0.2) is 0 Å². The average molecular weight is 418 g/mol. The molecule has 0 amide bonds. The minimum absolute atomic E-state index is 0. The van der Waals surface area contributed by atoms with Crippen LogP contribution in [0.2, 0.25) is 0 Å². The Kier molecular flexibility index (Phi) is 25.6. The number of halogens is 1. The summed E-state index contributed by atoms with van der Waals surface area (Å²) >= 11 is 0. The molecule has 0 atom stereocenters. The molecule has 0 aliphatic heterocycles. The fourth-order valence-electron chi connectivity index (χ4n) is 3.95. The molecule has 0 rings (SSSR count). The number of hydrogen-bond donors (Lipinski definition) is 0. The summed E-state index contributed by atoms with van der Waals surface area (Å²) in [4.78, 5) is 0. The molecule has 0 N–H and O–H groups in total. The number of quaternary nitrogens is 1. The number of nitrogens with zero attached hydrogens (tertiary/aromatic N) is 1. The SMILES string of the molecule is CCCCCCCCCCCCCCCCCCCCCC[N+](C)(C)CC.[Cl-]. The first kappa shape index (κ1) is 30.4. The van der Waals surface area contributed by atoms with Crippen molar-refractivity contribution in [3.05, 3.63) is 0 Å². The van der Waals surface area contributed by atoms with Crippen LogP contribution in [-0.2, 0) is 0 Å². The molecule has 0 aliphatic carbocycles. The zero-order valence-electron chi connectivity index (χ0n) is 20.4. The van der Waals surface area contributed by atoms with Crippen molar-refractivity contribution >= 4 is 0 Å². The summed E-state index contributed by atoms with van der Waals surface area (Å²) in [6.07, 6.45) is 29.4. The normalized spacial score (nSPS) is 11.6. The van der Waals surface area contributed by atoms with Crippen LogP contribution in [-0.4, -0.2) is 31.7 Å². The summed E-state index contributed by atoms with van der Waals surface area (Å²) in [6.45, 7) is 7.22. The molecule has 0 aromatic rings. The Balaban J connectivity index is 0. The van der Waals surface area contributed by atoms with E-state index in [1.54, 1.807) is 0 Å². The molecule has 2 heteroatoms. The average Bonchev–Trinajstić information content (AvgIpc) is 2.66. The van der Waals surface area contributed by atoms with Gasteiger partial charge >= 0.3 is 0 Å². The van der Waals surface area contributed by atoms with Gasteiger partial charge in [-0.3, -0.25) is 0 Å². The number of rotatable bonds is 22. The molecule has 1 nitrogen and oxygen atoms in total. The molecular formula is C26H56ClN. The topological polar surface area (TPSA) is 0 Å². The molecule has 0 bridgehead atoms. The van der Waals surface area contributed by atoms with Gasteiger partial charge in [0.05, 0.1) is 27.2 Å². The first-order chi connectivity index (χ1) is 13.1.